The van der Waals surface area contributed by atoms with Crippen LogP contribution in [0.4, 0.5) is 0 Å². The third kappa shape index (κ3) is 4.53. The van der Waals surface area contributed by atoms with Gasteiger partial charge in [0.1, 0.15) is 11.9 Å². The molecule has 1 N–H and O–H groups in total. The van der Waals surface area contributed by atoms with E-state index in [1.54, 1.807) is 0 Å². The largest absolute Gasteiger partial charge is 0.352 e. The van der Waals surface area contributed by atoms with Crippen LogP contribution in [0.1, 0.15) is 75.8 Å². The predicted octanol–water partition coefficient (Wildman–Crippen LogP) is 6.15. The summed E-state index contributed by atoms with van der Waals surface area (Å²) in [6, 6.07) is 17.9. The van der Waals surface area contributed by atoms with Crippen LogP contribution < -0.4 is 5.32 Å². The highest BCUT2D eigenvalue weighted by atomic mass is 16.2. The molecule has 2 aliphatic rings. The van der Waals surface area contributed by atoms with Gasteiger partial charge in [0.25, 0.3) is 0 Å². The number of nitrogens with one attached hydrogen (secondary N) is 1. The molecule has 2 saturated carbocycles. The molecule has 5 heteroatoms. The number of hydrogen-bond acceptors (Lipinski definition) is 3. The summed E-state index contributed by atoms with van der Waals surface area (Å²) in [5.74, 6) is 1.26. The summed E-state index contributed by atoms with van der Waals surface area (Å²) < 4.78 is 2.20. The van der Waals surface area contributed by atoms with Gasteiger partial charge in [-0.3, -0.25) is 4.79 Å². The summed E-state index contributed by atoms with van der Waals surface area (Å²) in [7, 11) is 0. The van der Waals surface area contributed by atoms with Crippen LogP contribution in [0.25, 0.3) is 22.4 Å². The van der Waals surface area contributed by atoms with E-state index in [9.17, 15) is 10.1 Å². The molecule has 2 aromatic carbocycles. The Morgan fingerprint density at radius 1 is 0.939 bits per heavy atom. The van der Waals surface area contributed by atoms with Gasteiger partial charge in [0, 0.05) is 11.6 Å². The monoisotopic (exact) mass is 440 g/mol. The fraction of sp³-hybridized carbons (Fsp3) is 0.464. The molecule has 1 amide bonds. The number of hydrogen-bond donors (Lipinski definition) is 1. The normalized spacial score (nSPS) is 18.6. The zero-order valence-corrected chi connectivity index (χ0v) is 19.2. The van der Waals surface area contributed by atoms with Crippen LogP contribution in [0.2, 0.25) is 0 Å². The molecular formula is C28H32N4O. The second kappa shape index (κ2) is 9.79. The van der Waals surface area contributed by atoms with Gasteiger partial charge in [-0.2, -0.15) is 5.26 Å². The summed E-state index contributed by atoms with van der Waals surface area (Å²) >= 11 is 0. The molecule has 5 rings (SSSR count). The van der Waals surface area contributed by atoms with E-state index >= 15 is 0 Å². The molecule has 5 nitrogen and oxygen atoms in total. The molecule has 1 heterocycles. The molecule has 1 aromatic heterocycles. The van der Waals surface area contributed by atoms with E-state index in [-0.39, 0.29) is 18.0 Å². The second-order valence-corrected chi connectivity index (χ2v) is 9.67. The number of fused-ring (bicyclic) bond motifs is 1. The Labute approximate surface area is 195 Å². The zero-order chi connectivity index (χ0) is 22.6. The summed E-state index contributed by atoms with van der Waals surface area (Å²) in [6.07, 6.45) is 11.6. The van der Waals surface area contributed by atoms with E-state index < -0.39 is 0 Å². The SMILES string of the molecule is N#Cc1ccc(-c2nc3ccccc3n2[C@H](C(=O)NC2CCCCC2)C2CCCCC2)cc1. The van der Waals surface area contributed by atoms with Crippen molar-refractivity contribution in [3.63, 3.8) is 0 Å². The molecule has 3 aromatic rings. The maximum Gasteiger partial charge on any atom is 0.243 e. The highest BCUT2D eigenvalue weighted by Crippen LogP contribution is 2.38. The Balaban J connectivity index is 1.61. The average Bonchev–Trinajstić information content (AvgIpc) is 3.25. The van der Waals surface area contributed by atoms with Gasteiger partial charge in [-0.15, -0.1) is 0 Å². The first-order valence-corrected chi connectivity index (χ1v) is 12.5. The molecular weight excluding hydrogens is 408 g/mol. The number of aromatic nitrogens is 2. The van der Waals surface area contributed by atoms with Gasteiger partial charge in [-0.25, -0.2) is 4.98 Å². The zero-order valence-electron chi connectivity index (χ0n) is 19.2. The molecule has 0 saturated heterocycles. The molecule has 0 spiro atoms. The first-order chi connectivity index (χ1) is 16.2. The Hall–Kier alpha value is -3.13. The number of carbonyl (C=O) groups is 1. The Bertz CT molecular complexity index is 1140. The summed E-state index contributed by atoms with van der Waals surface area (Å²) in [5.41, 5.74) is 3.48. The van der Waals surface area contributed by atoms with Gasteiger partial charge < -0.3 is 9.88 Å². The standard InChI is InChI=1S/C28H32N4O/c29-19-20-15-17-22(18-16-20)27-31-24-13-7-8-14-25(24)32(27)26(21-9-3-1-4-10-21)28(33)30-23-11-5-2-6-12-23/h7-8,13-18,21,23,26H,1-6,9-12H2,(H,30,33)/t26-/m0/s1. The van der Waals surface area contributed by atoms with Gasteiger partial charge in [-0.05, 0) is 68.0 Å². The van der Waals surface area contributed by atoms with Crippen LogP contribution in [0.5, 0.6) is 0 Å². The highest BCUT2D eigenvalue weighted by molar-refractivity contribution is 5.87. The maximum absolute atomic E-state index is 13.9. The van der Waals surface area contributed by atoms with E-state index in [0.29, 0.717) is 11.5 Å². The lowest BCUT2D eigenvalue weighted by molar-refractivity contribution is -0.127. The first kappa shape index (κ1) is 21.7. The minimum atomic E-state index is -0.273. The van der Waals surface area contributed by atoms with Crippen LogP contribution in [-0.2, 0) is 4.79 Å². The number of rotatable bonds is 5. The number of amides is 1. The molecule has 0 bridgehead atoms. The molecule has 1 atom stereocenters. The van der Waals surface area contributed by atoms with E-state index in [2.05, 4.69) is 22.0 Å². The van der Waals surface area contributed by atoms with Crippen molar-refractivity contribution < 1.29 is 4.79 Å². The fourth-order valence-electron chi connectivity index (χ4n) is 5.75. The summed E-state index contributed by atoms with van der Waals surface area (Å²) in [5, 5.41) is 12.7. The van der Waals surface area contributed by atoms with Gasteiger partial charge >= 0.3 is 0 Å². The van der Waals surface area contributed by atoms with Crippen molar-refractivity contribution >= 4 is 16.9 Å². The van der Waals surface area contributed by atoms with E-state index in [1.165, 1.54) is 38.5 Å². The third-order valence-electron chi connectivity index (χ3n) is 7.46. The van der Waals surface area contributed by atoms with E-state index in [0.717, 1.165) is 48.1 Å². The first-order valence-electron chi connectivity index (χ1n) is 12.5. The lowest BCUT2D eigenvalue weighted by Crippen LogP contribution is -2.43. The van der Waals surface area contributed by atoms with Crippen molar-refractivity contribution in [1.82, 2.24) is 14.9 Å². The van der Waals surface area contributed by atoms with E-state index in [1.807, 2.05) is 42.5 Å². The van der Waals surface area contributed by atoms with E-state index in [4.69, 9.17) is 4.98 Å². The third-order valence-corrected chi connectivity index (χ3v) is 7.46. The Morgan fingerprint density at radius 3 is 2.30 bits per heavy atom. The Kier molecular flexibility index (Phi) is 6.44. The number of nitriles is 1. The number of carbonyl (C=O) groups excluding carboxylic acids is 1. The summed E-state index contributed by atoms with van der Waals surface area (Å²) in [6.45, 7) is 0. The number of nitrogens with zero attached hydrogens (tertiary/aromatic N) is 3. The minimum absolute atomic E-state index is 0.145. The lowest BCUT2D eigenvalue weighted by atomic mass is 9.82. The molecule has 170 valence electrons. The average molecular weight is 441 g/mol. The van der Waals surface area contributed by atoms with Gasteiger partial charge in [0.15, 0.2) is 0 Å². The van der Waals surface area contributed by atoms with Crippen molar-refractivity contribution in [2.45, 2.75) is 76.3 Å². The van der Waals surface area contributed by atoms with Crippen molar-refractivity contribution in [3.05, 3.63) is 54.1 Å². The van der Waals surface area contributed by atoms with Crippen LogP contribution in [0.15, 0.2) is 48.5 Å². The Morgan fingerprint density at radius 2 is 1.61 bits per heavy atom. The quantitative estimate of drug-likeness (QED) is 0.517. The predicted molar refractivity (Wildman–Crippen MR) is 131 cm³/mol. The minimum Gasteiger partial charge on any atom is -0.352 e. The van der Waals surface area contributed by atoms with Crippen molar-refractivity contribution in [3.8, 4) is 17.5 Å². The number of benzene rings is 2. The molecule has 0 aliphatic heterocycles. The van der Waals surface area contributed by atoms with Crippen molar-refractivity contribution in [1.29, 1.82) is 5.26 Å². The molecule has 0 unspecified atom stereocenters. The van der Waals surface area contributed by atoms with Crippen LogP contribution >= 0.6 is 0 Å². The van der Waals surface area contributed by atoms with Crippen molar-refractivity contribution in [2.24, 2.45) is 5.92 Å². The van der Waals surface area contributed by atoms with Crippen LogP contribution in [0.3, 0.4) is 0 Å². The van der Waals surface area contributed by atoms with Crippen LogP contribution in [0, 0.1) is 17.2 Å². The fourth-order valence-corrected chi connectivity index (χ4v) is 5.75. The van der Waals surface area contributed by atoms with Gasteiger partial charge in [-0.1, -0.05) is 50.7 Å². The topological polar surface area (TPSA) is 70.7 Å². The highest BCUT2D eigenvalue weighted by Gasteiger charge is 2.35. The smallest absolute Gasteiger partial charge is 0.243 e. The van der Waals surface area contributed by atoms with Crippen molar-refractivity contribution in [2.75, 3.05) is 0 Å². The molecule has 2 aliphatic carbocycles. The maximum atomic E-state index is 13.9. The number of para-hydroxylation sites is 2. The molecule has 33 heavy (non-hydrogen) atoms. The lowest BCUT2D eigenvalue weighted by Gasteiger charge is -2.33. The van der Waals surface area contributed by atoms with Gasteiger partial charge in [0.05, 0.1) is 22.7 Å². The number of imidazole rings is 1. The summed E-state index contributed by atoms with van der Waals surface area (Å²) in [4.78, 5) is 18.9. The van der Waals surface area contributed by atoms with Gasteiger partial charge in [0.2, 0.25) is 5.91 Å². The van der Waals surface area contributed by atoms with Crippen LogP contribution in [-0.4, -0.2) is 21.5 Å². The molecule has 0 radical (unpaired) electrons. The molecule has 2 fully saturated rings. The second-order valence-electron chi connectivity index (χ2n) is 9.67.